The second kappa shape index (κ2) is 14.2. The van der Waals surface area contributed by atoms with Gasteiger partial charge in [-0.3, -0.25) is 0 Å². The fourth-order valence-corrected chi connectivity index (χ4v) is 21.9. The third kappa shape index (κ3) is 6.16. The Hall–Kier alpha value is 0.370. The second-order valence-corrected chi connectivity index (χ2v) is 23.2. The van der Waals surface area contributed by atoms with Gasteiger partial charge in [-0.1, -0.05) is 0 Å². The molecule has 0 spiro atoms. The van der Waals surface area contributed by atoms with Crippen LogP contribution in [0.4, 0.5) is 0 Å². The van der Waals surface area contributed by atoms with Gasteiger partial charge in [-0.15, -0.1) is 0 Å². The van der Waals surface area contributed by atoms with Gasteiger partial charge >= 0.3 is 306 Å². The Labute approximate surface area is 304 Å². The Morgan fingerprint density at radius 3 is 1.07 bits per heavy atom. The molecule has 0 saturated carbocycles. The number of halogens is 4. The van der Waals surface area contributed by atoms with Crippen LogP contribution in [-0.2, 0) is 11.8 Å². The van der Waals surface area contributed by atoms with E-state index in [4.69, 9.17) is 72.4 Å². The molecular formula is C31H56Cl4N6O2P2S. The third-order valence-corrected chi connectivity index (χ3v) is 21.0. The Morgan fingerprint density at radius 2 is 0.826 bits per heavy atom. The number of amidine groups is 1. The third-order valence-electron chi connectivity index (χ3n) is 8.24. The van der Waals surface area contributed by atoms with E-state index in [9.17, 15) is 0 Å². The van der Waals surface area contributed by atoms with E-state index in [-0.39, 0.29) is 79.9 Å². The number of nitrogens with zero attached hydrogens (tertiary/aromatic N) is 6. The van der Waals surface area contributed by atoms with Crippen LogP contribution in [0.15, 0.2) is 5.10 Å². The van der Waals surface area contributed by atoms with E-state index in [0.717, 1.165) is 5.58 Å². The Bertz CT molecular complexity index is 1270. The van der Waals surface area contributed by atoms with Crippen molar-refractivity contribution in [2.45, 2.75) is 159 Å². The molecule has 266 valence electrons. The molecule has 0 aromatic heterocycles. The predicted octanol–water partition coefficient (Wildman–Crippen LogP) is 11.6. The van der Waals surface area contributed by atoms with E-state index in [1.54, 1.807) is 0 Å². The van der Waals surface area contributed by atoms with Crippen LogP contribution in [0.25, 0.3) is 0 Å². The van der Waals surface area contributed by atoms with Gasteiger partial charge in [0.1, 0.15) is 0 Å². The van der Waals surface area contributed by atoms with Crippen LogP contribution < -0.4 is 9.05 Å². The molecule has 2 heterocycles. The molecule has 0 amide bonds. The number of rotatable bonds is 14. The number of hydrogen-bond donors (Lipinski definition) is 0. The van der Waals surface area contributed by atoms with Crippen molar-refractivity contribution >= 4 is 77.6 Å². The van der Waals surface area contributed by atoms with Crippen LogP contribution in [0.2, 0.25) is 20.1 Å². The van der Waals surface area contributed by atoms with Crippen molar-refractivity contribution in [1.29, 1.82) is 0 Å². The molecule has 2 aliphatic heterocycles. The van der Waals surface area contributed by atoms with Crippen LogP contribution in [0.1, 0.15) is 111 Å². The Kier molecular flexibility index (Phi) is 12.6. The molecule has 0 saturated heterocycles. The summed E-state index contributed by atoms with van der Waals surface area (Å²) in [5.41, 5.74) is 0.791. The topological polar surface area (TPSA) is 46.8 Å². The van der Waals surface area contributed by atoms with Crippen molar-refractivity contribution in [3.8, 4) is 11.5 Å². The fourth-order valence-electron chi connectivity index (χ4n) is 7.68. The minimum atomic E-state index is -4.60. The zero-order chi connectivity index (χ0) is 35.6. The molecule has 0 unspecified atom stereocenters. The van der Waals surface area contributed by atoms with E-state index >= 15 is 0 Å². The van der Waals surface area contributed by atoms with Gasteiger partial charge in [0.25, 0.3) is 0 Å². The summed E-state index contributed by atoms with van der Waals surface area (Å²) in [5.74, 6) is 0.528. The summed E-state index contributed by atoms with van der Waals surface area (Å²) >= 11 is 34.3. The first-order chi connectivity index (χ1) is 21.0. The summed E-state index contributed by atoms with van der Waals surface area (Å²) in [7, 11) is -4.60. The van der Waals surface area contributed by atoms with Crippen LogP contribution in [0.3, 0.4) is 0 Å². The average molecular weight is 781 g/mol. The van der Waals surface area contributed by atoms with Crippen LogP contribution >= 0.6 is 60.3 Å². The normalized spacial score (nSPS) is 18.7. The Morgan fingerprint density at radius 1 is 0.543 bits per heavy atom. The van der Waals surface area contributed by atoms with E-state index in [2.05, 4.69) is 129 Å². The van der Waals surface area contributed by atoms with Gasteiger partial charge in [-0.2, -0.15) is 0 Å². The van der Waals surface area contributed by atoms with Crippen molar-refractivity contribution in [3.05, 3.63) is 20.1 Å². The summed E-state index contributed by atoms with van der Waals surface area (Å²) in [6.07, 6.45) is -2.78. The number of fused-ring (bicyclic) bond motifs is 1. The summed E-state index contributed by atoms with van der Waals surface area (Å²) < 4.78 is 26.6. The molecular weight excluding hydrogens is 724 g/mol. The number of hydrazone groups is 1. The molecule has 0 bridgehead atoms. The van der Waals surface area contributed by atoms with Gasteiger partial charge in [0, 0.05) is 0 Å². The first kappa shape index (κ1) is 40.8. The molecule has 0 atom stereocenters. The molecule has 3 rings (SSSR count). The molecule has 15 heteroatoms. The van der Waals surface area contributed by atoms with Crippen molar-refractivity contribution in [1.82, 2.24) is 23.5 Å². The summed E-state index contributed by atoms with van der Waals surface area (Å²) in [5, 5.41) is 5.90. The summed E-state index contributed by atoms with van der Waals surface area (Å²) in [6, 6.07) is 0.308. The average Bonchev–Trinajstić information content (AvgIpc) is 3.63. The van der Waals surface area contributed by atoms with Crippen molar-refractivity contribution in [2.24, 2.45) is 5.10 Å². The van der Waals surface area contributed by atoms with Gasteiger partial charge < -0.3 is 0 Å². The number of benzene rings is 1. The molecule has 1 aromatic rings. The summed E-state index contributed by atoms with van der Waals surface area (Å²) in [6.45, 7) is 34.8. The first-order valence-electron chi connectivity index (χ1n) is 16.4. The summed E-state index contributed by atoms with van der Waals surface area (Å²) in [4.78, 5) is 0. The molecule has 8 nitrogen and oxygen atoms in total. The maximum absolute atomic E-state index is 7.50. The maximum atomic E-state index is 7.50. The molecule has 1 aromatic carbocycles. The first-order valence-corrected chi connectivity index (χ1v) is 22.5. The predicted molar refractivity (Wildman–Crippen MR) is 207 cm³/mol. The number of hydrogen-bond acceptors (Lipinski definition) is 7. The van der Waals surface area contributed by atoms with Gasteiger partial charge in [-0.05, 0) is 0 Å². The van der Waals surface area contributed by atoms with Crippen LogP contribution in [0.5, 0.6) is 11.5 Å². The van der Waals surface area contributed by atoms with E-state index < -0.39 is 13.8 Å². The van der Waals surface area contributed by atoms with Gasteiger partial charge in [0.2, 0.25) is 0 Å². The fraction of sp³-hybridized carbons (Fsp3) is 0.774. The minimum absolute atomic E-state index is 0.0667. The zero-order valence-electron chi connectivity index (χ0n) is 30.4. The van der Waals surface area contributed by atoms with Gasteiger partial charge in [0.15, 0.2) is 0 Å². The van der Waals surface area contributed by atoms with Crippen molar-refractivity contribution in [2.75, 3.05) is 0 Å². The van der Waals surface area contributed by atoms with Gasteiger partial charge in [0.05, 0.1) is 0 Å². The van der Waals surface area contributed by atoms with Gasteiger partial charge in [-0.25, -0.2) is 0 Å². The van der Waals surface area contributed by atoms with E-state index in [0.29, 0.717) is 0 Å². The Balaban J connectivity index is 2.59. The molecule has 46 heavy (non-hydrogen) atoms. The van der Waals surface area contributed by atoms with E-state index in [1.165, 1.54) is 0 Å². The molecule has 0 aliphatic carbocycles. The van der Waals surface area contributed by atoms with Crippen molar-refractivity contribution in [3.63, 3.8) is 0 Å². The van der Waals surface area contributed by atoms with Crippen molar-refractivity contribution < 1.29 is 9.05 Å². The van der Waals surface area contributed by atoms with Crippen LogP contribution in [-0.4, -0.2) is 77.4 Å². The molecule has 0 fully saturated rings. The zero-order valence-corrected chi connectivity index (χ0v) is 36.1. The molecule has 0 N–H and O–H groups in total. The molecule has 2 aliphatic rings. The monoisotopic (exact) mass is 778 g/mol. The van der Waals surface area contributed by atoms with E-state index in [1.807, 2.05) is 4.78 Å². The second-order valence-electron chi connectivity index (χ2n) is 14.4. The standard InChI is InChI=1S/C31H56Cl4N6O2P2S/c1-17(2)37(18(3)4)44(46,38(19(5)6)20(7)8)31-36-41(31)45(39(21(9)10)22(11)12,40(23(13)14)24(15)16)42-29-27(34)25(32)26(33)28(35)30(29)43-45/h17-24H,1-16H3. The quantitative estimate of drug-likeness (QED) is 0.105. The molecule has 0 radical (unpaired) electrons. The SMILES string of the molecule is CC(C)N(C(C)C)P(=S)(C1=NN1P1(N(C(C)C)C(C)C)(N(C(C)C)C(C)C)Oc2c(Cl)c(Cl)c(Cl)c(Cl)c2O1)N(C(C)C)C(C)C. The van der Waals surface area contributed by atoms with Crippen LogP contribution in [0, 0.1) is 0 Å².